The monoisotopic (exact) mass is 418 g/mol. The van der Waals surface area contributed by atoms with Crippen LogP contribution in [0, 0.1) is 13.8 Å². The Morgan fingerprint density at radius 3 is 2.74 bits per heavy atom. The lowest BCUT2D eigenvalue weighted by Gasteiger charge is -2.23. The van der Waals surface area contributed by atoms with Crippen molar-refractivity contribution in [3.8, 4) is 0 Å². The molecule has 4 rings (SSSR count). The summed E-state index contributed by atoms with van der Waals surface area (Å²) in [5.74, 6) is 1.41. The average Bonchev–Trinajstić information content (AvgIpc) is 3.36. The molecule has 160 valence electrons. The van der Waals surface area contributed by atoms with E-state index in [1.165, 1.54) is 0 Å². The van der Waals surface area contributed by atoms with Gasteiger partial charge in [0.1, 0.15) is 11.6 Å². The fourth-order valence-corrected chi connectivity index (χ4v) is 3.86. The number of Topliss-reactive ketones (excluding diaryl/α,β-unsaturated/α-hetero) is 1. The van der Waals surface area contributed by atoms with Crippen molar-refractivity contribution in [3.63, 3.8) is 0 Å². The van der Waals surface area contributed by atoms with Crippen LogP contribution < -0.4 is 5.56 Å². The van der Waals surface area contributed by atoms with Crippen molar-refractivity contribution in [1.29, 1.82) is 0 Å². The molecular weight excluding hydrogens is 392 g/mol. The molecule has 7 heteroatoms. The summed E-state index contributed by atoms with van der Waals surface area (Å²) in [4.78, 5) is 34.9. The van der Waals surface area contributed by atoms with Gasteiger partial charge in [-0.15, -0.1) is 0 Å². The fourth-order valence-electron chi connectivity index (χ4n) is 3.86. The SMILES string of the molecule is Cc1cc(C(=O)[C@H](C)N(C)Cc2nc3ccccc3c(=O)[nH]2)c(C)n1Cc1ccco1. The first-order valence-electron chi connectivity index (χ1n) is 10.3. The van der Waals surface area contributed by atoms with Crippen LogP contribution in [0.1, 0.15) is 40.3 Å². The fraction of sp³-hybridized carbons (Fsp3) is 0.292. The van der Waals surface area contributed by atoms with E-state index >= 15 is 0 Å². The molecule has 0 amide bonds. The van der Waals surface area contributed by atoms with Gasteiger partial charge in [0.25, 0.3) is 5.56 Å². The third-order valence-corrected chi connectivity index (χ3v) is 5.83. The molecule has 3 heterocycles. The Balaban J connectivity index is 1.53. The summed E-state index contributed by atoms with van der Waals surface area (Å²) in [6.45, 7) is 6.77. The highest BCUT2D eigenvalue weighted by molar-refractivity contribution is 6.01. The van der Waals surface area contributed by atoms with E-state index < -0.39 is 0 Å². The van der Waals surface area contributed by atoms with Crippen molar-refractivity contribution >= 4 is 16.7 Å². The van der Waals surface area contributed by atoms with Gasteiger partial charge in [-0.1, -0.05) is 12.1 Å². The highest BCUT2D eigenvalue weighted by Crippen LogP contribution is 2.20. The number of carbonyl (C=O) groups excluding carboxylic acids is 1. The van der Waals surface area contributed by atoms with Gasteiger partial charge in [-0.2, -0.15) is 0 Å². The molecule has 0 unspecified atom stereocenters. The molecule has 3 aromatic heterocycles. The number of H-pyrrole nitrogens is 1. The maximum atomic E-state index is 13.3. The van der Waals surface area contributed by atoms with E-state index in [-0.39, 0.29) is 17.4 Å². The summed E-state index contributed by atoms with van der Waals surface area (Å²) in [7, 11) is 1.86. The lowest BCUT2D eigenvalue weighted by Crippen LogP contribution is -2.36. The normalized spacial score (nSPS) is 12.5. The quantitative estimate of drug-likeness (QED) is 0.463. The molecule has 4 aromatic rings. The van der Waals surface area contributed by atoms with Crippen LogP contribution in [-0.4, -0.2) is 38.3 Å². The molecule has 0 aliphatic heterocycles. The first-order chi connectivity index (χ1) is 14.8. The van der Waals surface area contributed by atoms with Crippen molar-refractivity contribution in [2.45, 2.75) is 39.9 Å². The maximum Gasteiger partial charge on any atom is 0.258 e. The second kappa shape index (κ2) is 8.35. The van der Waals surface area contributed by atoms with Gasteiger partial charge in [-0.3, -0.25) is 14.5 Å². The van der Waals surface area contributed by atoms with Gasteiger partial charge in [0.2, 0.25) is 0 Å². The Morgan fingerprint density at radius 1 is 1.23 bits per heavy atom. The number of ketones is 1. The Hall–Kier alpha value is -3.45. The Bertz CT molecular complexity index is 1280. The zero-order valence-corrected chi connectivity index (χ0v) is 18.2. The number of aryl methyl sites for hydroxylation is 1. The molecule has 1 atom stereocenters. The number of nitrogens with zero attached hydrogens (tertiary/aromatic N) is 3. The first kappa shape index (κ1) is 20.8. The average molecular weight is 418 g/mol. The van der Waals surface area contributed by atoms with Crippen LogP contribution in [-0.2, 0) is 13.1 Å². The van der Waals surface area contributed by atoms with Crippen LogP contribution in [0.25, 0.3) is 10.9 Å². The molecule has 1 N–H and O–H groups in total. The van der Waals surface area contributed by atoms with Crippen molar-refractivity contribution in [3.05, 3.63) is 87.6 Å². The summed E-state index contributed by atoms with van der Waals surface area (Å²) in [6, 6.07) is 12.6. The van der Waals surface area contributed by atoms with Crippen LogP contribution in [0.3, 0.4) is 0 Å². The molecule has 0 radical (unpaired) electrons. The topological polar surface area (TPSA) is 84.1 Å². The molecule has 0 fully saturated rings. The van der Waals surface area contributed by atoms with Gasteiger partial charge in [0, 0.05) is 17.0 Å². The lowest BCUT2D eigenvalue weighted by atomic mass is 10.0. The summed E-state index contributed by atoms with van der Waals surface area (Å²) in [5, 5.41) is 0.557. The van der Waals surface area contributed by atoms with Gasteiger partial charge in [0.05, 0.1) is 36.3 Å². The molecule has 0 aliphatic carbocycles. The summed E-state index contributed by atoms with van der Waals surface area (Å²) in [6.07, 6.45) is 1.65. The number of fused-ring (bicyclic) bond motifs is 1. The third kappa shape index (κ3) is 4.09. The maximum absolute atomic E-state index is 13.3. The zero-order chi connectivity index (χ0) is 22.1. The summed E-state index contributed by atoms with van der Waals surface area (Å²) < 4.78 is 7.54. The Kier molecular flexibility index (Phi) is 5.61. The van der Waals surface area contributed by atoms with Crippen molar-refractivity contribution in [2.75, 3.05) is 7.05 Å². The van der Waals surface area contributed by atoms with Crippen LogP contribution >= 0.6 is 0 Å². The number of hydrogen-bond donors (Lipinski definition) is 1. The number of likely N-dealkylation sites (N-methyl/N-ethyl adjacent to an activating group) is 1. The zero-order valence-electron chi connectivity index (χ0n) is 18.2. The predicted octanol–water partition coefficient (Wildman–Crippen LogP) is 3.69. The highest BCUT2D eigenvalue weighted by Gasteiger charge is 2.24. The number of aromatic nitrogens is 3. The first-order valence-corrected chi connectivity index (χ1v) is 10.3. The van der Waals surface area contributed by atoms with Crippen molar-refractivity contribution < 1.29 is 9.21 Å². The number of furan rings is 1. The Labute approximate surface area is 180 Å². The van der Waals surface area contributed by atoms with Crippen molar-refractivity contribution in [1.82, 2.24) is 19.4 Å². The molecule has 0 saturated carbocycles. The van der Waals surface area contributed by atoms with Crippen LogP contribution in [0.15, 0.2) is 57.9 Å². The lowest BCUT2D eigenvalue weighted by molar-refractivity contribution is 0.0859. The van der Waals surface area contributed by atoms with Crippen LogP contribution in [0.5, 0.6) is 0 Å². The highest BCUT2D eigenvalue weighted by atomic mass is 16.3. The third-order valence-electron chi connectivity index (χ3n) is 5.83. The number of rotatable bonds is 7. The van der Waals surface area contributed by atoms with E-state index in [0.717, 1.165) is 17.1 Å². The summed E-state index contributed by atoms with van der Waals surface area (Å²) >= 11 is 0. The molecule has 7 nitrogen and oxygen atoms in total. The smallest absolute Gasteiger partial charge is 0.258 e. The Morgan fingerprint density at radius 2 is 2.00 bits per heavy atom. The van der Waals surface area contributed by atoms with Crippen LogP contribution in [0.2, 0.25) is 0 Å². The number of carbonyl (C=O) groups is 1. The molecule has 0 saturated heterocycles. The molecule has 0 spiro atoms. The molecule has 1 aromatic carbocycles. The second-order valence-electron chi connectivity index (χ2n) is 7.94. The van der Waals surface area contributed by atoms with Gasteiger partial charge in [-0.05, 0) is 58.2 Å². The van der Waals surface area contributed by atoms with E-state index in [2.05, 4.69) is 14.5 Å². The number of aromatic amines is 1. The van der Waals surface area contributed by atoms with Gasteiger partial charge in [0.15, 0.2) is 5.78 Å². The van der Waals surface area contributed by atoms with Gasteiger partial charge in [-0.25, -0.2) is 4.98 Å². The standard InChI is InChI=1S/C24H26N4O3/c1-15-12-20(16(2)28(15)13-18-8-7-11-31-18)23(29)17(3)27(4)14-22-25-21-10-6-5-9-19(21)24(30)26-22/h5-12,17H,13-14H2,1-4H3,(H,25,26,30)/t17-/m0/s1. The summed E-state index contributed by atoms with van der Waals surface area (Å²) in [5.41, 5.74) is 3.09. The number of para-hydroxylation sites is 1. The predicted molar refractivity (Wildman–Crippen MR) is 119 cm³/mol. The molecular formula is C24H26N4O3. The van der Waals surface area contributed by atoms with Crippen molar-refractivity contribution in [2.24, 2.45) is 0 Å². The van der Waals surface area contributed by atoms with E-state index in [4.69, 9.17) is 4.42 Å². The van der Waals surface area contributed by atoms with E-state index in [9.17, 15) is 9.59 Å². The number of nitrogens with one attached hydrogen (secondary N) is 1. The van der Waals surface area contributed by atoms with E-state index in [1.807, 2.05) is 69.1 Å². The van der Waals surface area contributed by atoms with E-state index in [1.54, 1.807) is 12.3 Å². The molecule has 31 heavy (non-hydrogen) atoms. The largest absolute Gasteiger partial charge is 0.467 e. The minimum absolute atomic E-state index is 0.0319. The van der Waals surface area contributed by atoms with Crippen LogP contribution in [0.4, 0.5) is 0 Å². The van der Waals surface area contributed by atoms with Gasteiger partial charge < -0.3 is 14.0 Å². The van der Waals surface area contributed by atoms with Gasteiger partial charge >= 0.3 is 0 Å². The minimum Gasteiger partial charge on any atom is -0.467 e. The number of benzene rings is 1. The number of hydrogen-bond acceptors (Lipinski definition) is 5. The van der Waals surface area contributed by atoms with E-state index in [0.29, 0.717) is 35.4 Å². The molecule has 0 bridgehead atoms. The minimum atomic E-state index is -0.380. The molecule has 0 aliphatic rings. The second-order valence-corrected chi connectivity index (χ2v) is 7.94.